The van der Waals surface area contributed by atoms with Gasteiger partial charge in [-0.25, -0.2) is 9.78 Å². The molecule has 0 aromatic carbocycles. The summed E-state index contributed by atoms with van der Waals surface area (Å²) in [5, 5.41) is 7.12. The van der Waals surface area contributed by atoms with Crippen molar-refractivity contribution in [2.45, 2.75) is 38.2 Å². The highest BCUT2D eigenvalue weighted by Crippen LogP contribution is 2.34. The Balaban J connectivity index is 0.000000339. The zero-order valence-electron chi connectivity index (χ0n) is 17.2. The second-order valence-corrected chi connectivity index (χ2v) is 9.27. The zero-order valence-corrected chi connectivity index (χ0v) is 18.0. The number of thiophene rings is 1. The Morgan fingerprint density at radius 2 is 2.19 bits per heavy atom. The van der Waals surface area contributed by atoms with Crippen LogP contribution in [0.15, 0.2) is 30.9 Å². The van der Waals surface area contributed by atoms with Crippen LogP contribution in [-0.2, 0) is 27.4 Å². The first-order chi connectivity index (χ1) is 14.7. The van der Waals surface area contributed by atoms with Crippen molar-refractivity contribution in [1.82, 2.24) is 14.5 Å². The van der Waals surface area contributed by atoms with Crippen molar-refractivity contribution < 1.29 is 32.5 Å². The lowest BCUT2D eigenvalue weighted by Crippen LogP contribution is -2.43. The Morgan fingerprint density at radius 3 is 2.81 bits per heavy atom. The minimum absolute atomic E-state index is 0.145. The fourth-order valence-corrected chi connectivity index (χ4v) is 4.80. The van der Waals surface area contributed by atoms with E-state index in [2.05, 4.69) is 33.5 Å². The third kappa shape index (κ3) is 7.03. The van der Waals surface area contributed by atoms with E-state index in [9.17, 15) is 13.2 Å². The van der Waals surface area contributed by atoms with Crippen molar-refractivity contribution in [2.75, 3.05) is 32.9 Å². The summed E-state index contributed by atoms with van der Waals surface area (Å²) in [6, 6.07) is 4.45. The molecule has 11 heteroatoms. The number of hydrogen-bond donors (Lipinski definition) is 1. The summed E-state index contributed by atoms with van der Waals surface area (Å²) in [5.74, 6) is -2.22. The number of aliphatic carboxylic acids is 1. The fraction of sp³-hybridized carbons (Fsp3) is 0.600. The highest BCUT2D eigenvalue weighted by Gasteiger charge is 2.43. The molecule has 4 rings (SSSR count). The Labute approximate surface area is 182 Å². The molecule has 31 heavy (non-hydrogen) atoms. The van der Waals surface area contributed by atoms with Crippen molar-refractivity contribution in [3.63, 3.8) is 0 Å². The molecule has 0 radical (unpaired) electrons. The maximum atomic E-state index is 10.6. The van der Waals surface area contributed by atoms with E-state index < -0.39 is 12.1 Å². The van der Waals surface area contributed by atoms with Gasteiger partial charge in [-0.3, -0.25) is 4.90 Å². The van der Waals surface area contributed by atoms with Gasteiger partial charge in [-0.05, 0) is 25.5 Å². The van der Waals surface area contributed by atoms with E-state index in [1.54, 1.807) is 0 Å². The predicted octanol–water partition coefficient (Wildman–Crippen LogP) is 3.19. The lowest BCUT2D eigenvalue weighted by atomic mass is 9.94. The molecule has 0 saturated carbocycles. The number of alkyl halides is 3. The van der Waals surface area contributed by atoms with Crippen molar-refractivity contribution >= 4 is 17.3 Å². The molecule has 2 atom stereocenters. The number of rotatable bonds is 4. The summed E-state index contributed by atoms with van der Waals surface area (Å²) >= 11 is 1.89. The van der Waals surface area contributed by atoms with Gasteiger partial charge in [0.05, 0.1) is 26.1 Å². The molecule has 7 nitrogen and oxygen atoms in total. The Hall–Kier alpha value is -1.95. The molecule has 2 fully saturated rings. The molecule has 2 aromatic heterocycles. The number of ether oxygens (including phenoxy) is 2. The first-order valence-corrected chi connectivity index (χ1v) is 10.7. The summed E-state index contributed by atoms with van der Waals surface area (Å²) in [6.45, 7) is 8.41. The van der Waals surface area contributed by atoms with Crippen molar-refractivity contribution in [1.29, 1.82) is 0 Å². The molecule has 2 aromatic rings. The van der Waals surface area contributed by atoms with E-state index in [0.717, 1.165) is 45.8 Å². The maximum Gasteiger partial charge on any atom is 0.490 e. The van der Waals surface area contributed by atoms with Gasteiger partial charge >= 0.3 is 12.1 Å². The highest BCUT2D eigenvalue weighted by molar-refractivity contribution is 7.11. The van der Waals surface area contributed by atoms with Gasteiger partial charge < -0.3 is 19.1 Å². The second kappa shape index (κ2) is 10.1. The van der Waals surface area contributed by atoms with Crippen molar-refractivity contribution in [3.8, 4) is 0 Å². The second-order valence-electron chi connectivity index (χ2n) is 7.90. The summed E-state index contributed by atoms with van der Waals surface area (Å²) in [5.41, 5.74) is -0.145. The lowest BCUT2D eigenvalue weighted by molar-refractivity contribution is -0.192. The van der Waals surface area contributed by atoms with Crippen LogP contribution < -0.4 is 0 Å². The molecule has 0 bridgehead atoms. The van der Waals surface area contributed by atoms with Gasteiger partial charge in [0, 0.05) is 54.2 Å². The van der Waals surface area contributed by atoms with E-state index in [4.69, 9.17) is 19.4 Å². The smallest absolute Gasteiger partial charge is 0.475 e. The van der Waals surface area contributed by atoms with E-state index in [0.29, 0.717) is 12.5 Å². The topological polar surface area (TPSA) is 76.8 Å². The summed E-state index contributed by atoms with van der Waals surface area (Å²) in [6.07, 6.45) is 1.73. The number of nitrogens with zero attached hydrogens (tertiary/aromatic N) is 3. The molecule has 1 spiro atoms. The lowest BCUT2D eigenvalue weighted by Gasteiger charge is -2.31. The van der Waals surface area contributed by atoms with Crippen LogP contribution in [0.3, 0.4) is 0 Å². The van der Waals surface area contributed by atoms with E-state index in [1.807, 2.05) is 30.1 Å². The predicted molar refractivity (Wildman–Crippen MR) is 108 cm³/mol. The van der Waals surface area contributed by atoms with Crippen LogP contribution in [0.2, 0.25) is 0 Å². The summed E-state index contributed by atoms with van der Waals surface area (Å²) in [4.78, 5) is 18.3. The van der Waals surface area contributed by atoms with E-state index >= 15 is 0 Å². The van der Waals surface area contributed by atoms with Crippen LogP contribution in [0.1, 0.15) is 16.2 Å². The molecular weight excluding hydrogens is 435 g/mol. The van der Waals surface area contributed by atoms with Crippen LogP contribution in [-0.4, -0.2) is 70.2 Å². The third-order valence-electron chi connectivity index (χ3n) is 5.16. The number of carboxylic acids is 1. The van der Waals surface area contributed by atoms with Gasteiger partial charge in [-0.2, -0.15) is 13.2 Å². The Kier molecular flexibility index (Phi) is 7.73. The quantitative estimate of drug-likeness (QED) is 0.754. The SMILES string of the molecule is Cc1ccc(CN2CCOCC3(CC(Cn4ccnc4)CO3)C2)s1.O=C(O)C(F)(F)F. The number of aryl methyl sites for hydroxylation is 1. The molecule has 0 amide bonds. The number of imidazole rings is 1. The first-order valence-electron chi connectivity index (χ1n) is 9.90. The Morgan fingerprint density at radius 1 is 1.42 bits per heavy atom. The number of aromatic nitrogens is 2. The monoisotopic (exact) mass is 461 g/mol. The van der Waals surface area contributed by atoms with Crippen LogP contribution >= 0.6 is 11.3 Å². The number of carbonyl (C=O) groups is 1. The van der Waals surface area contributed by atoms with Crippen LogP contribution in [0.5, 0.6) is 0 Å². The van der Waals surface area contributed by atoms with Crippen molar-refractivity contribution in [3.05, 3.63) is 40.6 Å². The van der Waals surface area contributed by atoms with Crippen molar-refractivity contribution in [2.24, 2.45) is 5.92 Å². The minimum Gasteiger partial charge on any atom is -0.475 e. The van der Waals surface area contributed by atoms with Gasteiger partial charge in [-0.1, -0.05) is 0 Å². The fourth-order valence-electron chi connectivity index (χ4n) is 3.87. The summed E-state index contributed by atoms with van der Waals surface area (Å²) in [7, 11) is 0. The Bertz CT molecular complexity index is 843. The molecule has 4 heterocycles. The van der Waals surface area contributed by atoms with Crippen LogP contribution in [0.25, 0.3) is 0 Å². The zero-order chi connectivity index (χ0) is 22.5. The number of halogens is 3. The standard InChI is InChI=1S/C18H25N3O2S.C2HF3O2/c1-15-2-3-17(24-15)10-20-6-7-22-13-18(12-20)8-16(11-23-18)9-21-5-4-19-14-21;3-2(4,5)1(6)7/h2-5,14,16H,6-13H2,1H3;(H,6,7). The molecule has 2 aliphatic heterocycles. The van der Waals surface area contributed by atoms with Gasteiger partial charge in [-0.15, -0.1) is 11.3 Å². The number of carboxylic acid groups (broad SMARTS) is 1. The maximum absolute atomic E-state index is 10.6. The van der Waals surface area contributed by atoms with Crippen LogP contribution in [0, 0.1) is 12.8 Å². The molecule has 172 valence electrons. The largest absolute Gasteiger partial charge is 0.490 e. The van der Waals surface area contributed by atoms with Gasteiger partial charge in [0.1, 0.15) is 5.60 Å². The molecule has 0 aliphatic carbocycles. The van der Waals surface area contributed by atoms with Gasteiger partial charge in [0.2, 0.25) is 0 Å². The van der Waals surface area contributed by atoms with E-state index in [1.165, 1.54) is 9.75 Å². The minimum atomic E-state index is -5.08. The average molecular weight is 462 g/mol. The first kappa shape index (κ1) is 23.7. The molecule has 1 N–H and O–H groups in total. The molecule has 2 saturated heterocycles. The highest BCUT2D eigenvalue weighted by atomic mass is 32.1. The molecular formula is C20H26F3N3O4S. The van der Waals surface area contributed by atoms with Gasteiger partial charge in [0.15, 0.2) is 0 Å². The summed E-state index contributed by atoms with van der Waals surface area (Å²) < 4.78 is 46.1. The normalized spacial score (nSPS) is 24.6. The number of hydrogen-bond acceptors (Lipinski definition) is 6. The van der Waals surface area contributed by atoms with Crippen LogP contribution in [0.4, 0.5) is 13.2 Å². The third-order valence-corrected chi connectivity index (χ3v) is 6.15. The van der Waals surface area contributed by atoms with Gasteiger partial charge in [0.25, 0.3) is 0 Å². The molecule has 2 aliphatic rings. The van der Waals surface area contributed by atoms with E-state index in [-0.39, 0.29) is 5.60 Å². The average Bonchev–Trinajstić information content (AvgIpc) is 3.39. The molecule has 2 unspecified atom stereocenters.